The van der Waals surface area contributed by atoms with E-state index in [1.165, 1.54) is 0 Å². The molecule has 1 N–H and O–H groups in total. The van der Waals surface area contributed by atoms with Crippen molar-refractivity contribution >= 4 is 17.7 Å². The summed E-state index contributed by atoms with van der Waals surface area (Å²) in [5, 5.41) is 10.7. The Morgan fingerprint density at radius 3 is 2.34 bits per heavy atom. The molecule has 1 aromatic rings. The summed E-state index contributed by atoms with van der Waals surface area (Å²) in [6.45, 7) is 13.7. The first-order chi connectivity index (χ1) is 19.4. The van der Waals surface area contributed by atoms with E-state index in [0.29, 0.717) is 19.6 Å². The first kappa shape index (κ1) is 29.5. The molecule has 4 heterocycles. The van der Waals surface area contributed by atoms with Crippen molar-refractivity contribution in [3.63, 3.8) is 0 Å². The summed E-state index contributed by atoms with van der Waals surface area (Å²) >= 11 is 0. The molecule has 41 heavy (non-hydrogen) atoms. The van der Waals surface area contributed by atoms with E-state index < -0.39 is 41.2 Å². The van der Waals surface area contributed by atoms with Crippen molar-refractivity contribution < 1.29 is 24.2 Å². The summed E-state index contributed by atoms with van der Waals surface area (Å²) in [6, 6.07) is 7.53. The van der Waals surface area contributed by atoms with E-state index in [4.69, 9.17) is 4.74 Å². The molecule has 0 bridgehead atoms. The molecule has 222 valence electrons. The number of benzene rings is 1. The van der Waals surface area contributed by atoms with E-state index in [1.807, 2.05) is 66.5 Å². The van der Waals surface area contributed by atoms with Crippen molar-refractivity contribution in [3.8, 4) is 0 Å². The van der Waals surface area contributed by atoms with Crippen LogP contribution in [0.1, 0.15) is 66.0 Å². The third kappa shape index (κ3) is 4.93. The van der Waals surface area contributed by atoms with Crippen molar-refractivity contribution in [1.82, 2.24) is 14.7 Å². The molecule has 1 aromatic carbocycles. The summed E-state index contributed by atoms with van der Waals surface area (Å²) in [7, 11) is 0. The maximum Gasteiger partial charge on any atom is 0.249 e. The molecule has 0 aliphatic carbocycles. The summed E-state index contributed by atoms with van der Waals surface area (Å²) < 4.78 is 6.79. The Hall–Kier alpha value is -2.97. The third-order valence-electron chi connectivity index (χ3n) is 9.06. The fraction of sp³-hybridized carbons (Fsp3) is 0.606. The number of rotatable bonds is 7. The van der Waals surface area contributed by atoms with E-state index in [2.05, 4.69) is 34.6 Å². The van der Waals surface area contributed by atoms with Crippen LogP contribution in [-0.2, 0) is 19.1 Å². The van der Waals surface area contributed by atoms with Gasteiger partial charge in [0.25, 0.3) is 0 Å². The van der Waals surface area contributed by atoms with E-state index in [0.717, 1.165) is 18.4 Å². The minimum atomic E-state index is -1.33. The van der Waals surface area contributed by atoms with Gasteiger partial charge < -0.3 is 24.5 Å². The van der Waals surface area contributed by atoms with Crippen LogP contribution in [0.25, 0.3) is 0 Å². The summed E-state index contributed by atoms with van der Waals surface area (Å²) in [5.74, 6) is -2.28. The number of amides is 3. The predicted octanol–water partition coefficient (Wildman–Crippen LogP) is 3.72. The van der Waals surface area contributed by atoms with E-state index in [1.54, 1.807) is 9.80 Å². The van der Waals surface area contributed by atoms with E-state index in [-0.39, 0.29) is 29.7 Å². The van der Waals surface area contributed by atoms with Gasteiger partial charge in [-0.25, -0.2) is 0 Å². The molecular weight excluding hydrogens is 518 g/mol. The first-order valence-electron chi connectivity index (χ1n) is 15.0. The largest absolute Gasteiger partial charge is 0.394 e. The van der Waals surface area contributed by atoms with Gasteiger partial charge in [0.1, 0.15) is 11.6 Å². The van der Waals surface area contributed by atoms with Crippen molar-refractivity contribution in [2.75, 3.05) is 26.2 Å². The molecule has 8 heteroatoms. The summed E-state index contributed by atoms with van der Waals surface area (Å²) in [5.41, 5.74) is -1.15. The molecule has 4 aliphatic heterocycles. The Morgan fingerprint density at radius 1 is 1.00 bits per heavy atom. The maximum atomic E-state index is 14.8. The minimum Gasteiger partial charge on any atom is -0.394 e. The number of hydrogen-bond acceptors (Lipinski definition) is 5. The van der Waals surface area contributed by atoms with Gasteiger partial charge in [-0.2, -0.15) is 0 Å². The lowest BCUT2D eigenvalue weighted by atomic mass is 9.77. The van der Waals surface area contributed by atoms with Crippen molar-refractivity contribution in [2.24, 2.45) is 17.3 Å². The van der Waals surface area contributed by atoms with Gasteiger partial charge >= 0.3 is 0 Å². The second-order valence-electron chi connectivity index (χ2n) is 13.8. The third-order valence-corrected chi connectivity index (χ3v) is 9.06. The van der Waals surface area contributed by atoms with Crippen molar-refractivity contribution in [1.29, 1.82) is 0 Å². The molecule has 5 rings (SSSR count). The number of aliphatic hydroxyl groups excluding tert-OH is 1. The summed E-state index contributed by atoms with van der Waals surface area (Å²) in [6.07, 6.45) is 8.58. The molecule has 8 nitrogen and oxygen atoms in total. The zero-order valence-electron chi connectivity index (χ0n) is 25.2. The quantitative estimate of drug-likeness (QED) is 0.511. The van der Waals surface area contributed by atoms with Gasteiger partial charge in [0.2, 0.25) is 17.7 Å². The molecule has 1 unspecified atom stereocenters. The van der Waals surface area contributed by atoms with Gasteiger partial charge in [-0.05, 0) is 37.7 Å². The highest BCUT2D eigenvalue weighted by Crippen LogP contribution is 2.55. The fourth-order valence-electron chi connectivity index (χ4n) is 7.90. The number of carbonyl (C=O) groups excluding carboxylic acids is 3. The number of carbonyl (C=O) groups is 3. The first-order valence-corrected chi connectivity index (χ1v) is 15.0. The normalized spacial score (nSPS) is 30.7. The minimum absolute atomic E-state index is 0.0418. The standard InChI is InChI=1S/C33H45N3O5/c1-7-17-34-18-11-15-24-25(28(34)38)26-29(39)36(23(20-37)22-13-9-8-10-14-22)27-30(40)35(19-12-16-33(26,27)41-24)32(5,6)21-31(2,3)4/h8-16,23-27,37H,7,17-21H2,1-6H3/t23-,24-,25+,26+,27?,33+/m1/s1. The maximum absolute atomic E-state index is 14.8. The molecule has 0 radical (unpaired) electrons. The van der Waals surface area contributed by atoms with E-state index >= 15 is 0 Å². The Balaban J connectivity index is 1.66. The number of nitrogens with zero attached hydrogens (tertiary/aromatic N) is 3. The lowest BCUT2D eigenvalue weighted by molar-refractivity contribution is -0.155. The smallest absolute Gasteiger partial charge is 0.249 e. The number of hydrogen-bond donors (Lipinski definition) is 1. The van der Waals surface area contributed by atoms with Gasteiger partial charge in [-0.3, -0.25) is 14.4 Å². The van der Waals surface area contributed by atoms with Gasteiger partial charge in [0.05, 0.1) is 30.6 Å². The summed E-state index contributed by atoms with van der Waals surface area (Å²) in [4.78, 5) is 48.7. The highest BCUT2D eigenvalue weighted by atomic mass is 16.5. The van der Waals surface area contributed by atoms with Crippen LogP contribution in [0.2, 0.25) is 0 Å². The second-order valence-corrected chi connectivity index (χ2v) is 13.8. The van der Waals surface area contributed by atoms with Crippen LogP contribution in [0, 0.1) is 17.3 Å². The Kier molecular flexibility index (Phi) is 7.70. The fourth-order valence-corrected chi connectivity index (χ4v) is 7.90. The molecule has 3 amide bonds. The van der Waals surface area contributed by atoms with E-state index in [9.17, 15) is 19.5 Å². The highest BCUT2D eigenvalue weighted by Gasteiger charge is 2.73. The molecule has 4 aliphatic rings. The van der Waals surface area contributed by atoms with Crippen molar-refractivity contribution in [3.05, 3.63) is 60.2 Å². The number of aliphatic hydroxyl groups is 1. The Labute approximate surface area is 244 Å². The average molecular weight is 564 g/mol. The van der Waals surface area contributed by atoms with Gasteiger partial charge in [0.15, 0.2) is 0 Å². The van der Waals surface area contributed by atoms with Crippen LogP contribution < -0.4 is 0 Å². The molecular formula is C33H45N3O5. The van der Waals surface area contributed by atoms with Crippen LogP contribution in [-0.4, -0.2) is 87.1 Å². The van der Waals surface area contributed by atoms with Gasteiger partial charge in [0, 0.05) is 25.2 Å². The predicted molar refractivity (Wildman–Crippen MR) is 157 cm³/mol. The number of likely N-dealkylation sites (tertiary alicyclic amines) is 1. The topological polar surface area (TPSA) is 90.4 Å². The number of fused-ring (bicyclic) bond motifs is 2. The lowest BCUT2D eigenvalue weighted by Gasteiger charge is -2.45. The molecule has 2 saturated heterocycles. The van der Waals surface area contributed by atoms with Crippen LogP contribution >= 0.6 is 0 Å². The van der Waals surface area contributed by atoms with Crippen LogP contribution in [0.3, 0.4) is 0 Å². The Morgan fingerprint density at radius 2 is 1.71 bits per heavy atom. The van der Waals surface area contributed by atoms with Crippen LogP contribution in [0.5, 0.6) is 0 Å². The lowest BCUT2D eigenvalue weighted by Crippen LogP contribution is -2.60. The van der Waals surface area contributed by atoms with Gasteiger partial charge in [-0.1, -0.05) is 82.3 Å². The average Bonchev–Trinajstić information content (AvgIpc) is 3.21. The number of ether oxygens (including phenoxy) is 1. The van der Waals surface area contributed by atoms with Gasteiger partial charge in [-0.15, -0.1) is 0 Å². The molecule has 1 spiro atoms. The Bertz CT molecular complexity index is 1240. The molecule has 0 saturated carbocycles. The molecule has 6 atom stereocenters. The van der Waals surface area contributed by atoms with Crippen LogP contribution in [0.4, 0.5) is 0 Å². The second kappa shape index (κ2) is 10.7. The monoisotopic (exact) mass is 563 g/mol. The SMILES string of the molecule is CCCN1CC=C[C@H]2O[C@]34C=CCN(C(C)(C)CC(C)(C)C)C(=O)C3N([C@H](CO)c3ccccc3)C(=O)[C@@H]4[C@H]2C1=O. The molecule has 0 aromatic heterocycles. The van der Waals surface area contributed by atoms with Crippen molar-refractivity contribution in [2.45, 2.75) is 83.7 Å². The molecule has 2 fully saturated rings. The zero-order chi connectivity index (χ0) is 29.7. The highest BCUT2D eigenvalue weighted by molar-refractivity contribution is 6.00. The van der Waals surface area contributed by atoms with Crippen LogP contribution in [0.15, 0.2) is 54.6 Å². The zero-order valence-corrected chi connectivity index (χ0v) is 25.2.